The van der Waals surface area contributed by atoms with Gasteiger partial charge in [-0.15, -0.1) is 5.21 Å². The third-order valence-electron chi connectivity index (χ3n) is 11.9. The Morgan fingerprint density at radius 3 is 1.41 bits per heavy atom. The minimum atomic E-state index is -1.01. The molecule has 1 atom stereocenters. The molecule has 1 unspecified atom stereocenters. The van der Waals surface area contributed by atoms with Crippen molar-refractivity contribution in [2.24, 2.45) is 0 Å². The molecular formula is C17H39B12NO2. The van der Waals surface area contributed by atoms with Crippen LogP contribution in [0.4, 0.5) is 0 Å². The summed E-state index contributed by atoms with van der Waals surface area (Å²) in [7, 11) is 33.9. The average Bonchev–Trinajstić information content (AvgIpc) is 2.66. The van der Waals surface area contributed by atoms with Crippen LogP contribution in [-0.4, -0.2) is 136 Å². The molecule has 0 heterocycles. The van der Waals surface area contributed by atoms with E-state index in [9.17, 15) is 5.11 Å². The highest BCUT2D eigenvalue weighted by Gasteiger charge is 2.75. The Hall–Kier alpha value is -0.281. The maximum atomic E-state index is 13.4. The van der Waals surface area contributed by atoms with E-state index < -0.39 is 5.60 Å². The van der Waals surface area contributed by atoms with Gasteiger partial charge in [0.1, 0.15) is 52.8 Å². The molecule has 1 aliphatic carbocycles. The SMILES string of the molecule is BC(B)(C(c1ccc(OC)cc1)C1(O)C(B)(B)C(B)(B)C(B)(B)C(B)(B)C1(B)B)N(C)C. The Balaban J connectivity index is 3.02. The fraction of sp³-hybridized carbons (Fsp3) is 0.647. The van der Waals surface area contributed by atoms with Crippen molar-refractivity contribution in [2.75, 3.05) is 21.2 Å². The fourth-order valence-corrected chi connectivity index (χ4v) is 7.01. The van der Waals surface area contributed by atoms with Crippen LogP contribution >= 0.6 is 0 Å². The molecule has 15 heteroatoms. The summed E-state index contributed by atoms with van der Waals surface area (Å²) in [6.07, 6.45) is 0. The Labute approximate surface area is 208 Å². The van der Waals surface area contributed by atoms with Crippen molar-refractivity contribution in [2.45, 2.75) is 42.9 Å². The summed E-state index contributed by atoms with van der Waals surface area (Å²) in [6.45, 7) is 0. The van der Waals surface area contributed by atoms with E-state index in [4.69, 9.17) is 4.74 Å². The molecule has 0 aliphatic heterocycles. The first-order valence-corrected chi connectivity index (χ1v) is 12.1. The Bertz CT molecular complexity index is 824. The lowest BCUT2D eigenvalue weighted by atomic mass is 8.98. The van der Waals surface area contributed by atoms with Crippen LogP contribution in [0.25, 0.3) is 0 Å². The van der Waals surface area contributed by atoms with Crippen molar-refractivity contribution in [3.8, 4) is 5.75 Å². The summed E-state index contributed by atoms with van der Waals surface area (Å²) in [6, 6.07) is 8.36. The first-order chi connectivity index (χ1) is 14.1. The van der Waals surface area contributed by atoms with Crippen LogP contribution in [-0.2, 0) is 0 Å². The number of likely N-dealkylation sites (N-methyl/N-ethyl adjacent to an activating group) is 1. The monoisotopic (exact) mass is 421 g/mol. The third-order valence-corrected chi connectivity index (χ3v) is 11.9. The molecule has 1 saturated carbocycles. The zero-order chi connectivity index (χ0) is 25.3. The fourth-order valence-electron chi connectivity index (χ4n) is 7.01. The number of nitrogens with zero attached hydrogens (tertiary/aromatic N) is 1. The quantitative estimate of drug-likeness (QED) is 0.482. The smallest absolute Gasteiger partial charge is 0.118 e. The van der Waals surface area contributed by atoms with Gasteiger partial charge in [-0.25, -0.2) is 0 Å². The number of benzene rings is 1. The number of ether oxygens (including phenoxy) is 1. The molecule has 0 spiro atoms. The molecule has 0 radical (unpaired) electrons. The Morgan fingerprint density at radius 2 is 1.09 bits per heavy atom. The van der Waals surface area contributed by atoms with Crippen molar-refractivity contribution in [1.29, 1.82) is 0 Å². The normalized spacial score (nSPS) is 25.5. The van der Waals surface area contributed by atoms with Crippen molar-refractivity contribution < 1.29 is 9.84 Å². The molecule has 0 amide bonds. The van der Waals surface area contributed by atoms with E-state index in [1.54, 1.807) is 7.11 Å². The minimum absolute atomic E-state index is 0.00799. The summed E-state index contributed by atoms with van der Waals surface area (Å²) in [5.74, 6) is 0.710. The van der Waals surface area contributed by atoms with Gasteiger partial charge in [-0.1, -0.05) is 33.0 Å². The molecule has 1 fully saturated rings. The van der Waals surface area contributed by atoms with Crippen LogP contribution in [0.5, 0.6) is 5.75 Å². The van der Waals surface area contributed by atoms with Gasteiger partial charge >= 0.3 is 0 Å². The van der Waals surface area contributed by atoms with E-state index in [1.807, 2.05) is 12.1 Å². The second-order valence-electron chi connectivity index (χ2n) is 13.6. The van der Waals surface area contributed by atoms with Gasteiger partial charge in [-0.2, -0.15) is 0 Å². The van der Waals surface area contributed by atoms with Gasteiger partial charge in [0.25, 0.3) is 0 Å². The molecule has 160 valence electrons. The first-order valence-electron chi connectivity index (χ1n) is 12.1. The van der Waals surface area contributed by atoms with Crippen LogP contribution in [0, 0.1) is 0 Å². The molecule has 2 rings (SSSR count). The van der Waals surface area contributed by atoms with Gasteiger partial charge in [-0.05, 0) is 37.1 Å². The molecule has 32 heavy (non-hydrogen) atoms. The number of hydrogen-bond acceptors (Lipinski definition) is 3. The molecule has 3 nitrogen and oxygen atoms in total. The molecule has 1 aliphatic rings. The maximum Gasteiger partial charge on any atom is 0.118 e. The van der Waals surface area contributed by atoms with Crippen LogP contribution < -0.4 is 4.74 Å². The van der Waals surface area contributed by atoms with E-state index in [-0.39, 0.29) is 37.3 Å². The van der Waals surface area contributed by atoms with Crippen LogP contribution in [0.2, 0.25) is 26.1 Å². The molecular weight excluding hydrogens is 380 g/mol. The van der Waals surface area contributed by atoms with Crippen molar-refractivity contribution in [3.05, 3.63) is 29.8 Å². The highest BCUT2D eigenvalue weighted by molar-refractivity contribution is 6.70. The van der Waals surface area contributed by atoms with Gasteiger partial charge < -0.3 is 14.7 Å². The number of hydrogen-bond donors (Lipinski definition) is 1. The van der Waals surface area contributed by atoms with Crippen LogP contribution in [0.15, 0.2) is 24.3 Å². The lowest BCUT2D eigenvalue weighted by molar-refractivity contribution is -0.0725. The lowest BCUT2D eigenvalue weighted by Gasteiger charge is -2.80. The van der Waals surface area contributed by atoms with E-state index in [1.165, 1.54) is 0 Å². The first kappa shape index (κ1) is 28.0. The summed E-state index contributed by atoms with van der Waals surface area (Å²) in [5.41, 5.74) is 0.143. The predicted octanol–water partition coefficient (Wildman–Crippen LogP) is -9.08. The predicted molar refractivity (Wildman–Crippen MR) is 173 cm³/mol. The van der Waals surface area contributed by atoms with Crippen LogP contribution in [0.3, 0.4) is 0 Å². The molecule has 0 saturated heterocycles. The average molecular weight is 419 g/mol. The molecule has 1 N–H and O–H groups in total. The number of methoxy groups -OCH3 is 1. The van der Waals surface area contributed by atoms with E-state index in [2.05, 4.69) is 125 Å². The summed E-state index contributed by atoms with van der Waals surface area (Å²) < 4.78 is 5.46. The van der Waals surface area contributed by atoms with Crippen molar-refractivity contribution in [3.63, 3.8) is 0 Å². The highest BCUT2D eigenvalue weighted by Crippen LogP contribution is 2.83. The summed E-state index contributed by atoms with van der Waals surface area (Å²) >= 11 is 0. The van der Waals surface area contributed by atoms with Gasteiger partial charge in [0, 0.05) is 5.92 Å². The van der Waals surface area contributed by atoms with Crippen molar-refractivity contribution in [1.82, 2.24) is 4.90 Å². The highest BCUT2D eigenvalue weighted by atomic mass is 16.5. The van der Waals surface area contributed by atoms with Gasteiger partial charge in [-0.3, -0.25) is 0 Å². The second-order valence-corrected chi connectivity index (χ2v) is 13.6. The van der Waals surface area contributed by atoms with Gasteiger partial charge in [0.15, 0.2) is 0 Å². The van der Waals surface area contributed by atoms with Crippen LogP contribution in [0.1, 0.15) is 11.5 Å². The lowest BCUT2D eigenvalue weighted by Crippen LogP contribution is -2.76. The largest absolute Gasteiger partial charge is 0.497 e. The van der Waals surface area contributed by atoms with E-state index in [0.29, 0.717) is 0 Å². The Morgan fingerprint density at radius 1 is 0.750 bits per heavy atom. The van der Waals surface area contributed by atoms with E-state index >= 15 is 0 Å². The zero-order valence-electron chi connectivity index (χ0n) is 23.7. The van der Waals surface area contributed by atoms with Crippen molar-refractivity contribution >= 4 is 94.2 Å². The topological polar surface area (TPSA) is 32.7 Å². The molecule has 0 aromatic heterocycles. The number of aliphatic hydroxyl groups is 1. The van der Waals surface area contributed by atoms with Gasteiger partial charge in [0.05, 0.1) is 59.8 Å². The summed E-state index contributed by atoms with van der Waals surface area (Å²) in [4.78, 5) is 2.27. The molecule has 1 aromatic carbocycles. The standard InChI is InChI=1S/C17H39B12NO2/c1-30(2)12(18,19)10(8-4-6-9(32-3)7-5-8)11(31)13(20,21)15(24,25)17(28,29)16(26,27)14(11,22)23/h4-7,10,31H,18-29H2,1-3H3. The minimum Gasteiger partial charge on any atom is -0.497 e. The van der Waals surface area contributed by atoms with Gasteiger partial charge in [0.2, 0.25) is 0 Å². The molecule has 1 aromatic rings. The Kier molecular flexibility index (Phi) is 6.88. The maximum absolute atomic E-state index is 13.4. The third kappa shape index (κ3) is 3.19. The second kappa shape index (κ2) is 7.87. The van der Waals surface area contributed by atoms with E-state index in [0.717, 1.165) is 11.3 Å². The zero-order valence-corrected chi connectivity index (χ0v) is 23.7. The molecule has 0 bridgehead atoms. The summed E-state index contributed by atoms with van der Waals surface area (Å²) in [5, 5.41) is 12.0. The number of rotatable bonds is 5.